The molecular formula is C25H39NO2Si. The highest BCUT2D eigenvalue weighted by Crippen LogP contribution is 2.49. The van der Waals surface area contributed by atoms with E-state index in [4.69, 9.17) is 4.43 Å². The molecule has 2 aliphatic carbocycles. The molecule has 0 spiro atoms. The van der Waals surface area contributed by atoms with Gasteiger partial charge in [0.15, 0.2) is 0 Å². The van der Waals surface area contributed by atoms with Crippen molar-refractivity contribution in [2.45, 2.75) is 82.8 Å². The predicted octanol–water partition coefficient (Wildman–Crippen LogP) is 5.79. The van der Waals surface area contributed by atoms with Crippen LogP contribution in [0.15, 0.2) is 24.3 Å². The maximum atomic E-state index is 12.6. The van der Waals surface area contributed by atoms with Gasteiger partial charge in [0.1, 0.15) is 11.5 Å². The van der Waals surface area contributed by atoms with Crippen molar-refractivity contribution in [1.82, 2.24) is 4.90 Å². The Morgan fingerprint density at radius 3 is 2.66 bits per heavy atom. The van der Waals surface area contributed by atoms with Gasteiger partial charge in [-0.3, -0.25) is 4.79 Å². The van der Waals surface area contributed by atoms with Crippen LogP contribution < -0.4 is 4.43 Å². The Balaban J connectivity index is 1.60. The predicted molar refractivity (Wildman–Crippen MR) is 122 cm³/mol. The van der Waals surface area contributed by atoms with E-state index in [9.17, 15) is 4.79 Å². The number of rotatable bonds is 5. The molecule has 4 rings (SSSR count). The van der Waals surface area contributed by atoms with E-state index >= 15 is 0 Å². The third kappa shape index (κ3) is 4.34. The summed E-state index contributed by atoms with van der Waals surface area (Å²) in [6.07, 6.45) is 6.48. The molecule has 1 aromatic rings. The maximum Gasteiger partial charge on any atom is 0.250 e. The fourth-order valence-electron chi connectivity index (χ4n) is 5.15. The van der Waals surface area contributed by atoms with Crippen LogP contribution in [0.2, 0.25) is 18.1 Å². The lowest BCUT2D eigenvalue weighted by Crippen LogP contribution is -2.53. The standard InChI is InChI=1S/C25H39NO2Si/c1-24(2,3)29(4,5)28-23-8-6-7-20(15-23)25-13-14-26(17-19-9-10-19)18-21(25)11-12-22(27)16-25/h6-8,15,19,21H,9-14,16-18H2,1-5H3/t21-,25+/m0/s1. The maximum absolute atomic E-state index is 12.6. The van der Waals surface area contributed by atoms with Gasteiger partial charge >= 0.3 is 0 Å². The van der Waals surface area contributed by atoms with Crippen LogP contribution >= 0.6 is 0 Å². The lowest BCUT2D eigenvalue weighted by Gasteiger charge is -2.51. The van der Waals surface area contributed by atoms with Crippen molar-refractivity contribution in [2.75, 3.05) is 19.6 Å². The number of benzene rings is 1. The van der Waals surface area contributed by atoms with Gasteiger partial charge in [-0.05, 0) is 79.9 Å². The lowest BCUT2D eigenvalue weighted by atomic mass is 9.59. The molecule has 160 valence electrons. The molecule has 29 heavy (non-hydrogen) atoms. The summed E-state index contributed by atoms with van der Waals surface area (Å²) in [5, 5.41) is 0.179. The van der Waals surface area contributed by atoms with Gasteiger partial charge in [-0.1, -0.05) is 32.9 Å². The SMILES string of the molecule is CC(C)(C)[Si](C)(C)Oc1cccc([C@]23CCN(CC4CC4)C[C@@H]2CCC(=O)C3)c1. The molecule has 3 fully saturated rings. The molecule has 0 bridgehead atoms. The fraction of sp³-hybridized carbons (Fsp3) is 0.720. The Bertz CT molecular complexity index is 764. The minimum Gasteiger partial charge on any atom is -0.543 e. The van der Waals surface area contributed by atoms with Gasteiger partial charge in [-0.15, -0.1) is 0 Å². The third-order valence-corrected chi connectivity index (χ3v) is 12.6. The Morgan fingerprint density at radius 1 is 1.21 bits per heavy atom. The molecule has 0 unspecified atom stereocenters. The van der Waals surface area contributed by atoms with Crippen LogP contribution in [-0.4, -0.2) is 38.6 Å². The number of likely N-dealkylation sites (tertiary alicyclic amines) is 1. The number of nitrogens with zero attached hydrogens (tertiary/aromatic N) is 1. The number of fused-ring (bicyclic) bond motifs is 1. The first-order valence-corrected chi connectivity index (χ1v) is 14.5. The zero-order valence-corrected chi connectivity index (χ0v) is 20.1. The van der Waals surface area contributed by atoms with Crippen molar-refractivity contribution in [3.8, 4) is 5.75 Å². The van der Waals surface area contributed by atoms with Crippen molar-refractivity contribution in [2.24, 2.45) is 11.8 Å². The van der Waals surface area contributed by atoms with E-state index in [1.165, 1.54) is 24.9 Å². The summed E-state index contributed by atoms with van der Waals surface area (Å²) in [4.78, 5) is 15.3. The van der Waals surface area contributed by atoms with Crippen molar-refractivity contribution in [3.05, 3.63) is 29.8 Å². The highest BCUT2D eigenvalue weighted by molar-refractivity contribution is 6.74. The monoisotopic (exact) mass is 413 g/mol. The van der Waals surface area contributed by atoms with E-state index in [0.717, 1.165) is 50.4 Å². The zero-order chi connectivity index (χ0) is 20.9. The first-order chi connectivity index (χ1) is 13.6. The number of Topliss-reactive ketones (excluding diaryl/α,β-unsaturated/α-hetero) is 1. The van der Waals surface area contributed by atoms with E-state index in [2.05, 4.69) is 63.0 Å². The number of hydrogen-bond acceptors (Lipinski definition) is 3. The Kier molecular flexibility index (Phi) is 5.48. The first-order valence-electron chi connectivity index (χ1n) is 11.6. The number of hydrogen-bond donors (Lipinski definition) is 0. The first kappa shape index (κ1) is 21.1. The summed E-state index contributed by atoms with van der Waals surface area (Å²) in [5.41, 5.74) is 1.36. The van der Waals surface area contributed by atoms with Gasteiger partial charge in [-0.25, -0.2) is 0 Å². The van der Waals surface area contributed by atoms with Gasteiger partial charge < -0.3 is 9.33 Å². The lowest BCUT2D eigenvalue weighted by molar-refractivity contribution is -0.125. The second kappa shape index (κ2) is 7.53. The van der Waals surface area contributed by atoms with Gasteiger partial charge in [0.25, 0.3) is 0 Å². The van der Waals surface area contributed by atoms with Gasteiger partial charge in [0.2, 0.25) is 8.32 Å². The molecule has 1 aromatic carbocycles. The quantitative estimate of drug-likeness (QED) is 0.572. The van der Waals surface area contributed by atoms with Crippen molar-refractivity contribution >= 4 is 14.1 Å². The average molecular weight is 414 g/mol. The molecule has 4 heteroatoms. The van der Waals surface area contributed by atoms with Gasteiger partial charge in [-0.2, -0.15) is 0 Å². The molecule has 0 radical (unpaired) electrons. The van der Waals surface area contributed by atoms with E-state index in [1.54, 1.807) is 0 Å². The topological polar surface area (TPSA) is 29.5 Å². The van der Waals surface area contributed by atoms with Crippen LogP contribution in [0.4, 0.5) is 0 Å². The Labute approximate surface area is 178 Å². The Hall–Kier alpha value is -1.13. The highest BCUT2D eigenvalue weighted by Gasteiger charge is 2.48. The molecule has 2 atom stereocenters. The van der Waals surface area contributed by atoms with E-state index in [-0.39, 0.29) is 10.5 Å². The molecule has 0 amide bonds. The molecule has 0 aromatic heterocycles. The largest absolute Gasteiger partial charge is 0.543 e. The van der Waals surface area contributed by atoms with Gasteiger partial charge in [0, 0.05) is 31.3 Å². The van der Waals surface area contributed by atoms with Crippen LogP contribution in [0.1, 0.15) is 64.9 Å². The van der Waals surface area contributed by atoms with E-state index < -0.39 is 8.32 Å². The number of carbonyl (C=O) groups excluding carboxylic acids is 1. The normalized spacial score (nSPS) is 28.9. The minimum atomic E-state index is -1.88. The summed E-state index contributed by atoms with van der Waals surface area (Å²) in [6, 6.07) is 8.81. The van der Waals surface area contributed by atoms with Crippen LogP contribution in [0.5, 0.6) is 5.75 Å². The molecule has 1 saturated heterocycles. The number of piperidine rings is 1. The summed E-state index contributed by atoms with van der Waals surface area (Å²) >= 11 is 0. The molecule has 2 saturated carbocycles. The van der Waals surface area contributed by atoms with Gasteiger partial charge in [0.05, 0.1) is 0 Å². The molecule has 3 nitrogen and oxygen atoms in total. The second-order valence-corrected chi connectivity index (χ2v) is 16.2. The fourth-order valence-corrected chi connectivity index (χ4v) is 6.17. The van der Waals surface area contributed by atoms with Crippen molar-refractivity contribution < 1.29 is 9.22 Å². The second-order valence-electron chi connectivity index (χ2n) is 11.5. The van der Waals surface area contributed by atoms with E-state index in [1.807, 2.05) is 0 Å². The van der Waals surface area contributed by atoms with Crippen LogP contribution in [0.3, 0.4) is 0 Å². The summed E-state index contributed by atoms with van der Waals surface area (Å²) < 4.78 is 6.63. The van der Waals surface area contributed by atoms with Crippen molar-refractivity contribution in [3.63, 3.8) is 0 Å². The van der Waals surface area contributed by atoms with E-state index in [0.29, 0.717) is 11.7 Å². The molecule has 1 heterocycles. The zero-order valence-electron chi connectivity index (χ0n) is 19.1. The van der Waals surface area contributed by atoms with Crippen LogP contribution in [0.25, 0.3) is 0 Å². The third-order valence-electron chi connectivity index (χ3n) is 8.22. The average Bonchev–Trinajstić information content (AvgIpc) is 3.45. The summed E-state index contributed by atoms with van der Waals surface area (Å²) in [5.74, 6) is 2.98. The van der Waals surface area contributed by atoms with Crippen LogP contribution in [0, 0.1) is 11.8 Å². The smallest absolute Gasteiger partial charge is 0.250 e. The van der Waals surface area contributed by atoms with Crippen LogP contribution in [-0.2, 0) is 10.2 Å². The molecule has 3 aliphatic rings. The molecule has 0 N–H and O–H groups in total. The molecular weight excluding hydrogens is 374 g/mol. The minimum absolute atomic E-state index is 0.0161. The number of carbonyl (C=O) groups is 1. The number of ketones is 1. The van der Waals surface area contributed by atoms with Crippen molar-refractivity contribution in [1.29, 1.82) is 0 Å². The summed E-state index contributed by atoms with van der Waals surface area (Å²) in [6.45, 7) is 15.0. The highest BCUT2D eigenvalue weighted by atomic mass is 28.4. The molecule has 1 aliphatic heterocycles. The Morgan fingerprint density at radius 2 is 1.97 bits per heavy atom. The summed E-state index contributed by atoms with van der Waals surface area (Å²) in [7, 11) is -1.88.